The van der Waals surface area contributed by atoms with Gasteiger partial charge in [-0.05, 0) is 140 Å². The van der Waals surface area contributed by atoms with Crippen molar-refractivity contribution in [2.24, 2.45) is 0 Å². The topological polar surface area (TPSA) is 25.8 Å². The summed E-state index contributed by atoms with van der Waals surface area (Å²) in [5.74, 6) is 0. The van der Waals surface area contributed by atoms with Gasteiger partial charge in [-0.2, -0.15) is 0 Å². The summed E-state index contributed by atoms with van der Waals surface area (Å²) in [6, 6.07) is 49.0. The molecule has 0 aliphatic rings. The number of aryl methyl sites for hydroxylation is 2. The molecule has 0 amide bonds. The Morgan fingerprint density at radius 1 is 0.326 bits per heavy atom. The van der Waals surface area contributed by atoms with Crippen molar-refractivity contribution in [2.75, 3.05) is 0 Å². The molecule has 8 aromatic carbocycles. The van der Waals surface area contributed by atoms with Crippen molar-refractivity contribution in [1.29, 1.82) is 0 Å². The van der Waals surface area contributed by atoms with E-state index in [1.165, 1.54) is 86.9 Å². The van der Waals surface area contributed by atoms with Crippen LogP contribution in [0.2, 0.25) is 0 Å². The maximum atomic E-state index is 5.23. The quantitative estimate of drug-likeness (QED) is 0.149. The first-order valence-corrected chi connectivity index (χ1v) is 15.9. The Bertz CT molecular complexity index is 2680. The monoisotopic (exact) mass is 584 g/mol. The number of hydrogen-bond donors (Lipinski definition) is 0. The predicted molar refractivity (Wildman–Crippen MR) is 196 cm³/mol. The van der Waals surface area contributed by atoms with Crippen LogP contribution in [0.25, 0.3) is 97.9 Å². The lowest BCUT2D eigenvalue weighted by Gasteiger charge is -2.17. The molecule has 2 aromatic heterocycles. The van der Waals surface area contributed by atoms with Crippen LogP contribution in [-0.4, -0.2) is 9.97 Å². The molecule has 0 radical (unpaired) electrons. The van der Waals surface area contributed by atoms with Crippen LogP contribution in [0.15, 0.2) is 133 Å². The smallest absolute Gasteiger partial charge is 0.0725 e. The Balaban J connectivity index is 1.15. The fourth-order valence-electron chi connectivity index (χ4n) is 7.58. The van der Waals surface area contributed by atoms with Crippen LogP contribution in [0, 0.1) is 13.8 Å². The number of nitrogens with zero attached hydrogens (tertiary/aromatic N) is 2. The van der Waals surface area contributed by atoms with Gasteiger partial charge in [0.1, 0.15) is 0 Å². The number of rotatable bonds is 2. The highest BCUT2D eigenvalue weighted by Gasteiger charge is 2.18. The molecule has 0 fully saturated rings. The molecule has 10 aromatic rings. The maximum Gasteiger partial charge on any atom is 0.0725 e. The van der Waals surface area contributed by atoms with Gasteiger partial charge >= 0.3 is 0 Å². The molecule has 0 aliphatic carbocycles. The normalized spacial score (nSPS) is 12.1. The first-order valence-electron chi connectivity index (χ1n) is 15.9. The number of benzene rings is 8. The lowest BCUT2D eigenvalue weighted by molar-refractivity contribution is 1.26. The molecule has 2 heterocycles. The van der Waals surface area contributed by atoms with Crippen molar-refractivity contribution in [3.63, 3.8) is 0 Å². The molecule has 214 valence electrons. The van der Waals surface area contributed by atoms with Crippen LogP contribution in [0.5, 0.6) is 0 Å². The minimum Gasteiger partial charge on any atom is -0.252 e. The fourth-order valence-corrected chi connectivity index (χ4v) is 7.58. The minimum atomic E-state index is 1.02. The van der Waals surface area contributed by atoms with E-state index in [0.717, 1.165) is 22.4 Å². The molecule has 0 unspecified atom stereocenters. The molecule has 0 saturated carbocycles. The van der Waals surface area contributed by atoms with Gasteiger partial charge in [-0.1, -0.05) is 72.8 Å². The van der Waals surface area contributed by atoms with Crippen molar-refractivity contribution in [3.05, 3.63) is 145 Å². The zero-order chi connectivity index (χ0) is 30.5. The molecular weight excluding hydrogens is 556 g/mol. The number of aromatic nitrogens is 2. The number of fused-ring (bicyclic) bond motifs is 4. The molecular formula is C44H28N2. The van der Waals surface area contributed by atoms with Crippen molar-refractivity contribution < 1.29 is 0 Å². The lowest BCUT2D eigenvalue weighted by atomic mass is 9.91. The first-order chi connectivity index (χ1) is 22.6. The third kappa shape index (κ3) is 3.77. The van der Waals surface area contributed by atoms with Gasteiger partial charge in [-0.3, -0.25) is 9.97 Å². The Kier molecular flexibility index (Phi) is 5.16. The van der Waals surface area contributed by atoms with Crippen molar-refractivity contribution in [3.8, 4) is 22.3 Å². The minimum absolute atomic E-state index is 1.02. The van der Waals surface area contributed by atoms with Gasteiger partial charge in [0.25, 0.3) is 0 Å². The summed E-state index contributed by atoms with van der Waals surface area (Å²) >= 11 is 0. The van der Waals surface area contributed by atoms with Gasteiger partial charge in [0.05, 0.1) is 11.0 Å². The van der Waals surface area contributed by atoms with Crippen molar-refractivity contribution >= 4 is 75.7 Å². The molecule has 0 atom stereocenters. The van der Waals surface area contributed by atoms with Crippen LogP contribution < -0.4 is 0 Å². The Labute approximate surface area is 265 Å². The summed E-state index contributed by atoms with van der Waals surface area (Å²) in [4.78, 5) is 10.5. The van der Waals surface area contributed by atoms with E-state index < -0.39 is 0 Å². The average Bonchev–Trinajstić information content (AvgIpc) is 3.08. The Morgan fingerprint density at radius 2 is 0.696 bits per heavy atom. The SMILES string of the molecule is Cc1nc2cc(-c3ccc4cc5ccccc5cc4c3)cc3c(C)nc4cc(-c5ccc6cc7ccccc7cc6c5)cc1c4c23. The highest BCUT2D eigenvalue weighted by atomic mass is 14.7. The molecule has 0 spiro atoms. The van der Waals surface area contributed by atoms with Gasteiger partial charge in [0, 0.05) is 32.9 Å². The molecule has 46 heavy (non-hydrogen) atoms. The second-order valence-corrected chi connectivity index (χ2v) is 12.8. The summed E-state index contributed by atoms with van der Waals surface area (Å²) in [6.07, 6.45) is 0. The van der Waals surface area contributed by atoms with Crippen LogP contribution in [-0.2, 0) is 0 Å². The molecule has 0 aliphatic heterocycles. The highest BCUT2D eigenvalue weighted by Crippen LogP contribution is 2.41. The molecule has 0 bridgehead atoms. The third-order valence-corrected chi connectivity index (χ3v) is 9.92. The van der Waals surface area contributed by atoms with E-state index in [9.17, 15) is 0 Å². The predicted octanol–water partition coefficient (Wildman–Crippen LogP) is 11.9. The second-order valence-electron chi connectivity index (χ2n) is 12.8. The highest BCUT2D eigenvalue weighted by molar-refractivity contribution is 6.23. The van der Waals surface area contributed by atoms with Gasteiger partial charge in [-0.15, -0.1) is 0 Å². The summed E-state index contributed by atoms with van der Waals surface area (Å²) in [7, 11) is 0. The van der Waals surface area contributed by atoms with Crippen molar-refractivity contribution in [2.45, 2.75) is 13.8 Å². The zero-order valence-corrected chi connectivity index (χ0v) is 25.6. The molecule has 0 N–H and O–H groups in total. The van der Waals surface area contributed by atoms with Crippen LogP contribution in [0.3, 0.4) is 0 Å². The Morgan fingerprint density at radius 3 is 1.11 bits per heavy atom. The van der Waals surface area contributed by atoms with Crippen LogP contribution in [0.1, 0.15) is 11.4 Å². The summed E-state index contributed by atoms with van der Waals surface area (Å²) in [6.45, 7) is 4.26. The lowest BCUT2D eigenvalue weighted by Crippen LogP contribution is -1.97. The van der Waals surface area contributed by atoms with E-state index in [1.54, 1.807) is 0 Å². The molecule has 10 rings (SSSR count). The van der Waals surface area contributed by atoms with Gasteiger partial charge in [-0.25, -0.2) is 0 Å². The van der Waals surface area contributed by atoms with E-state index >= 15 is 0 Å². The average molecular weight is 585 g/mol. The van der Waals surface area contributed by atoms with E-state index in [4.69, 9.17) is 9.97 Å². The van der Waals surface area contributed by atoms with E-state index in [-0.39, 0.29) is 0 Å². The fraction of sp³-hybridized carbons (Fsp3) is 0.0455. The summed E-state index contributed by atoms with van der Waals surface area (Å²) in [5, 5.41) is 14.8. The van der Waals surface area contributed by atoms with Gasteiger partial charge in [0.15, 0.2) is 0 Å². The summed E-state index contributed by atoms with van der Waals surface area (Å²) < 4.78 is 0. The first kappa shape index (κ1) is 25.5. The van der Waals surface area contributed by atoms with E-state index in [2.05, 4.69) is 147 Å². The van der Waals surface area contributed by atoms with E-state index in [0.29, 0.717) is 0 Å². The van der Waals surface area contributed by atoms with Gasteiger partial charge < -0.3 is 0 Å². The standard InChI is InChI=1S/C44H28N2/c1-25-39-21-37(33-13-11-31-15-27-7-3-5-9-29(27)17-35(31)19-33)24-42-43(39)44-40(26(2)46-42)22-38(23-41(44)45-25)34-14-12-32-16-28-8-4-6-10-30(28)18-36(32)20-34/h3-24H,1-2H3. The number of hydrogen-bond acceptors (Lipinski definition) is 2. The largest absolute Gasteiger partial charge is 0.252 e. The second kappa shape index (κ2) is 9.32. The Hall–Kier alpha value is -5.86. The van der Waals surface area contributed by atoms with Gasteiger partial charge in [0.2, 0.25) is 0 Å². The van der Waals surface area contributed by atoms with E-state index in [1.807, 2.05) is 0 Å². The van der Waals surface area contributed by atoms with Crippen molar-refractivity contribution in [1.82, 2.24) is 9.97 Å². The van der Waals surface area contributed by atoms with Crippen LogP contribution in [0.4, 0.5) is 0 Å². The molecule has 2 heteroatoms. The maximum absolute atomic E-state index is 5.23. The molecule has 2 nitrogen and oxygen atoms in total. The third-order valence-electron chi connectivity index (χ3n) is 9.92. The summed E-state index contributed by atoms with van der Waals surface area (Å²) in [5.41, 5.74) is 8.83. The van der Waals surface area contributed by atoms with Crippen LogP contribution >= 0.6 is 0 Å². The molecule has 0 saturated heterocycles. The zero-order valence-electron chi connectivity index (χ0n) is 25.6. The number of pyridine rings is 2.